The molecule has 0 atom stereocenters. The van der Waals surface area contributed by atoms with Gasteiger partial charge in [0.1, 0.15) is 5.82 Å². The first kappa shape index (κ1) is 20.0. The summed E-state index contributed by atoms with van der Waals surface area (Å²) in [5, 5.41) is 0. The molecule has 1 amide bonds. The molecule has 29 heavy (non-hydrogen) atoms. The van der Waals surface area contributed by atoms with Gasteiger partial charge in [-0.1, -0.05) is 18.2 Å². The lowest BCUT2D eigenvalue weighted by molar-refractivity contribution is -0.133. The number of likely N-dealkylation sites (tertiary alicyclic amines) is 2. The fourth-order valence-corrected chi connectivity index (χ4v) is 4.46. The van der Waals surface area contributed by atoms with Crippen molar-refractivity contribution >= 4 is 5.91 Å². The molecule has 0 N–H and O–H groups in total. The highest BCUT2D eigenvalue weighted by Crippen LogP contribution is 2.27. The van der Waals surface area contributed by atoms with Crippen molar-refractivity contribution in [1.29, 1.82) is 0 Å². The Hall–Kier alpha value is -2.27. The number of halogens is 1. The van der Waals surface area contributed by atoms with Gasteiger partial charge in [-0.05, 0) is 75.0 Å². The number of aromatic nitrogens is 1. The van der Waals surface area contributed by atoms with Gasteiger partial charge >= 0.3 is 0 Å². The Morgan fingerprint density at radius 1 is 0.966 bits per heavy atom. The average Bonchev–Trinajstić information content (AvgIpc) is 2.77. The zero-order chi connectivity index (χ0) is 20.1. The molecule has 0 spiro atoms. The zero-order valence-electron chi connectivity index (χ0n) is 17.0. The third-order valence-electron chi connectivity index (χ3n) is 6.20. The van der Waals surface area contributed by atoms with Gasteiger partial charge < -0.3 is 4.90 Å². The molecule has 0 unspecified atom stereocenters. The molecule has 2 aliphatic rings. The molecule has 0 saturated carbocycles. The summed E-state index contributed by atoms with van der Waals surface area (Å²) in [4.78, 5) is 21.7. The van der Waals surface area contributed by atoms with Crippen LogP contribution in [0.15, 0.2) is 42.5 Å². The van der Waals surface area contributed by atoms with E-state index in [2.05, 4.69) is 17.0 Å². The maximum atomic E-state index is 13.1. The fourth-order valence-electron chi connectivity index (χ4n) is 4.46. The molecular weight excluding hydrogens is 365 g/mol. The number of nitrogens with zero attached hydrogens (tertiary/aromatic N) is 3. The minimum atomic E-state index is -0.207. The predicted octanol–water partition coefficient (Wildman–Crippen LogP) is 4.00. The number of carbonyl (C=O) groups is 1. The SMILES string of the molecule is O=C(CN1CCC(c2cccc(Cc3ccc(F)cc3)n2)CC1)N1CCCCC1. The van der Waals surface area contributed by atoms with Crippen LogP contribution in [0.25, 0.3) is 0 Å². The normalized spacial score (nSPS) is 18.7. The topological polar surface area (TPSA) is 36.4 Å². The van der Waals surface area contributed by atoms with Gasteiger partial charge in [0.05, 0.1) is 6.54 Å². The Morgan fingerprint density at radius 2 is 1.69 bits per heavy atom. The van der Waals surface area contributed by atoms with E-state index in [0.29, 0.717) is 18.4 Å². The van der Waals surface area contributed by atoms with Crippen molar-refractivity contribution < 1.29 is 9.18 Å². The number of rotatable bonds is 5. The van der Waals surface area contributed by atoms with Crippen molar-refractivity contribution in [3.8, 4) is 0 Å². The van der Waals surface area contributed by atoms with Crippen LogP contribution in [-0.4, -0.2) is 53.4 Å². The lowest BCUT2D eigenvalue weighted by atomic mass is 9.92. The van der Waals surface area contributed by atoms with Crippen molar-refractivity contribution in [3.05, 3.63) is 65.2 Å². The number of amides is 1. The standard InChI is InChI=1S/C24H30FN3O/c25-21-9-7-19(8-10-21)17-22-5-4-6-23(26-22)20-11-15-27(16-12-20)18-24(29)28-13-2-1-3-14-28/h4-10,20H,1-3,11-18H2. The second kappa shape index (κ2) is 9.49. The lowest BCUT2D eigenvalue weighted by Gasteiger charge is -2.34. The summed E-state index contributed by atoms with van der Waals surface area (Å²) in [5.41, 5.74) is 3.24. The summed E-state index contributed by atoms with van der Waals surface area (Å²) in [5.74, 6) is 0.535. The average molecular weight is 396 g/mol. The zero-order valence-corrected chi connectivity index (χ0v) is 17.0. The smallest absolute Gasteiger partial charge is 0.236 e. The second-order valence-corrected chi connectivity index (χ2v) is 8.35. The number of hydrogen-bond acceptors (Lipinski definition) is 3. The molecule has 5 heteroatoms. The van der Waals surface area contributed by atoms with E-state index >= 15 is 0 Å². The number of hydrogen-bond donors (Lipinski definition) is 0. The van der Waals surface area contributed by atoms with Gasteiger partial charge in [0.25, 0.3) is 0 Å². The first-order valence-electron chi connectivity index (χ1n) is 10.9. The minimum Gasteiger partial charge on any atom is -0.342 e. The van der Waals surface area contributed by atoms with Crippen molar-refractivity contribution in [1.82, 2.24) is 14.8 Å². The van der Waals surface area contributed by atoms with Crippen LogP contribution in [0.4, 0.5) is 4.39 Å². The van der Waals surface area contributed by atoms with E-state index in [1.54, 1.807) is 0 Å². The van der Waals surface area contributed by atoms with Crippen molar-refractivity contribution in [2.24, 2.45) is 0 Å². The van der Waals surface area contributed by atoms with E-state index in [1.807, 2.05) is 23.1 Å². The summed E-state index contributed by atoms with van der Waals surface area (Å²) in [7, 11) is 0. The minimum absolute atomic E-state index is 0.207. The van der Waals surface area contributed by atoms with Crippen LogP contribution in [-0.2, 0) is 11.2 Å². The quantitative estimate of drug-likeness (QED) is 0.768. The van der Waals surface area contributed by atoms with Crippen LogP contribution < -0.4 is 0 Å². The first-order valence-corrected chi connectivity index (χ1v) is 10.9. The fraction of sp³-hybridized carbons (Fsp3) is 0.500. The molecule has 2 saturated heterocycles. The number of piperidine rings is 2. The van der Waals surface area contributed by atoms with Crippen LogP contribution in [0.5, 0.6) is 0 Å². The van der Waals surface area contributed by atoms with Crippen LogP contribution in [0.2, 0.25) is 0 Å². The van der Waals surface area contributed by atoms with E-state index < -0.39 is 0 Å². The molecule has 0 bridgehead atoms. The highest BCUT2D eigenvalue weighted by molar-refractivity contribution is 5.78. The van der Waals surface area contributed by atoms with Gasteiger partial charge in [0.2, 0.25) is 5.91 Å². The van der Waals surface area contributed by atoms with E-state index in [9.17, 15) is 9.18 Å². The van der Waals surface area contributed by atoms with Crippen LogP contribution >= 0.6 is 0 Å². The summed E-state index contributed by atoms with van der Waals surface area (Å²) < 4.78 is 13.1. The Balaban J connectivity index is 1.30. The van der Waals surface area contributed by atoms with Gasteiger partial charge in [-0.15, -0.1) is 0 Å². The van der Waals surface area contributed by atoms with Crippen LogP contribution in [0, 0.1) is 5.82 Å². The summed E-state index contributed by atoms with van der Waals surface area (Å²) in [6.45, 7) is 4.33. The molecule has 0 aliphatic carbocycles. The number of benzene rings is 1. The Kier molecular flexibility index (Phi) is 6.55. The Bertz CT molecular complexity index is 809. The highest BCUT2D eigenvalue weighted by Gasteiger charge is 2.25. The third kappa shape index (κ3) is 5.41. The van der Waals surface area contributed by atoms with E-state index in [4.69, 9.17) is 4.98 Å². The van der Waals surface area contributed by atoms with E-state index in [1.165, 1.54) is 18.6 Å². The van der Waals surface area contributed by atoms with Gasteiger partial charge in [0.15, 0.2) is 0 Å². The largest absolute Gasteiger partial charge is 0.342 e. The van der Waals surface area contributed by atoms with E-state index in [0.717, 1.165) is 75.2 Å². The number of pyridine rings is 1. The molecule has 0 radical (unpaired) electrons. The first-order chi connectivity index (χ1) is 14.2. The molecule has 1 aromatic carbocycles. The monoisotopic (exact) mass is 395 g/mol. The molecule has 154 valence electrons. The molecular formula is C24H30FN3O. The van der Waals surface area contributed by atoms with Gasteiger partial charge in [-0.2, -0.15) is 0 Å². The number of carbonyl (C=O) groups excluding carboxylic acids is 1. The highest BCUT2D eigenvalue weighted by atomic mass is 19.1. The van der Waals surface area contributed by atoms with Crippen LogP contribution in [0.1, 0.15) is 55.0 Å². The molecule has 2 aromatic rings. The molecule has 4 rings (SSSR count). The second-order valence-electron chi connectivity index (χ2n) is 8.35. The van der Waals surface area contributed by atoms with Gasteiger partial charge in [0, 0.05) is 36.8 Å². The van der Waals surface area contributed by atoms with Crippen molar-refractivity contribution in [2.45, 2.75) is 44.4 Å². The summed E-state index contributed by atoms with van der Waals surface area (Å²) >= 11 is 0. The molecule has 1 aromatic heterocycles. The lowest BCUT2D eigenvalue weighted by Crippen LogP contribution is -2.44. The molecule has 2 aliphatic heterocycles. The Labute approximate surface area is 172 Å². The van der Waals surface area contributed by atoms with Gasteiger partial charge in [-0.3, -0.25) is 14.7 Å². The summed E-state index contributed by atoms with van der Waals surface area (Å²) in [6.07, 6.45) is 6.35. The summed E-state index contributed by atoms with van der Waals surface area (Å²) in [6, 6.07) is 12.9. The molecule has 2 fully saturated rings. The van der Waals surface area contributed by atoms with E-state index in [-0.39, 0.29) is 5.82 Å². The van der Waals surface area contributed by atoms with Gasteiger partial charge in [-0.25, -0.2) is 4.39 Å². The molecule has 4 nitrogen and oxygen atoms in total. The van der Waals surface area contributed by atoms with Crippen molar-refractivity contribution in [3.63, 3.8) is 0 Å². The van der Waals surface area contributed by atoms with Crippen LogP contribution in [0.3, 0.4) is 0 Å². The third-order valence-corrected chi connectivity index (χ3v) is 6.20. The van der Waals surface area contributed by atoms with Crippen molar-refractivity contribution in [2.75, 3.05) is 32.7 Å². The predicted molar refractivity (Wildman–Crippen MR) is 112 cm³/mol. The maximum absolute atomic E-state index is 13.1. The molecule has 3 heterocycles. The Morgan fingerprint density at radius 3 is 2.41 bits per heavy atom. The maximum Gasteiger partial charge on any atom is 0.236 e.